The summed E-state index contributed by atoms with van der Waals surface area (Å²) >= 11 is 0. The minimum Gasteiger partial charge on any atom is -0.496 e. The summed E-state index contributed by atoms with van der Waals surface area (Å²) in [6, 6.07) is 10.5. The average molecular weight is 273 g/mol. The van der Waals surface area contributed by atoms with E-state index in [0.29, 0.717) is 11.1 Å². The zero-order valence-electron chi connectivity index (χ0n) is 10.6. The summed E-state index contributed by atoms with van der Waals surface area (Å²) in [7, 11) is 1.38. The molecular formula is C14H11NO5. The molecule has 0 unspecified atom stereocenters. The zero-order valence-corrected chi connectivity index (χ0v) is 10.6. The molecule has 0 bridgehead atoms. The van der Waals surface area contributed by atoms with Gasteiger partial charge in [-0.05, 0) is 17.7 Å². The Morgan fingerprint density at radius 2 is 1.90 bits per heavy atom. The van der Waals surface area contributed by atoms with Crippen LogP contribution in [-0.2, 0) is 0 Å². The molecule has 6 nitrogen and oxygen atoms in total. The SMILES string of the molecule is COc1cc([N+](=O)[O-])ccc1-c1ccccc1C(=O)O. The number of carboxylic acids is 1. The van der Waals surface area contributed by atoms with Crippen molar-refractivity contribution in [2.24, 2.45) is 0 Å². The van der Waals surface area contributed by atoms with Gasteiger partial charge in [0.1, 0.15) is 5.75 Å². The molecule has 0 radical (unpaired) electrons. The van der Waals surface area contributed by atoms with Gasteiger partial charge in [-0.2, -0.15) is 0 Å². The van der Waals surface area contributed by atoms with Gasteiger partial charge in [-0.25, -0.2) is 4.79 Å². The van der Waals surface area contributed by atoms with E-state index in [4.69, 9.17) is 4.74 Å². The number of nitrogens with zero attached hydrogens (tertiary/aromatic N) is 1. The second-order valence-corrected chi connectivity index (χ2v) is 3.99. The third kappa shape index (κ3) is 2.44. The lowest BCUT2D eigenvalue weighted by molar-refractivity contribution is -0.384. The highest BCUT2D eigenvalue weighted by Gasteiger charge is 2.17. The van der Waals surface area contributed by atoms with Gasteiger partial charge in [-0.3, -0.25) is 10.1 Å². The van der Waals surface area contributed by atoms with Crippen molar-refractivity contribution in [3.8, 4) is 16.9 Å². The van der Waals surface area contributed by atoms with Crippen LogP contribution in [0.2, 0.25) is 0 Å². The summed E-state index contributed by atoms with van der Waals surface area (Å²) in [4.78, 5) is 21.4. The molecule has 0 heterocycles. The number of methoxy groups -OCH3 is 1. The number of rotatable bonds is 4. The standard InChI is InChI=1S/C14H11NO5/c1-20-13-8-9(15(18)19)6-7-11(13)10-4-2-3-5-12(10)14(16)17/h2-8H,1H3,(H,16,17). The van der Waals surface area contributed by atoms with Gasteiger partial charge in [-0.15, -0.1) is 0 Å². The van der Waals surface area contributed by atoms with Gasteiger partial charge in [0.15, 0.2) is 0 Å². The summed E-state index contributed by atoms with van der Waals surface area (Å²) in [6.07, 6.45) is 0. The molecule has 1 N–H and O–H groups in total. The molecule has 0 aliphatic heterocycles. The number of carboxylic acid groups (broad SMARTS) is 1. The Hall–Kier alpha value is -2.89. The Kier molecular flexibility index (Phi) is 3.65. The third-order valence-electron chi connectivity index (χ3n) is 2.84. The first-order valence-corrected chi connectivity index (χ1v) is 5.69. The molecule has 0 aliphatic carbocycles. The van der Waals surface area contributed by atoms with Gasteiger partial charge >= 0.3 is 5.97 Å². The highest BCUT2D eigenvalue weighted by Crippen LogP contribution is 2.35. The van der Waals surface area contributed by atoms with Crippen molar-refractivity contribution >= 4 is 11.7 Å². The number of benzene rings is 2. The van der Waals surface area contributed by atoms with E-state index < -0.39 is 10.9 Å². The van der Waals surface area contributed by atoms with E-state index >= 15 is 0 Å². The topological polar surface area (TPSA) is 89.7 Å². The van der Waals surface area contributed by atoms with Crippen LogP contribution in [0.1, 0.15) is 10.4 Å². The molecule has 0 amide bonds. The number of carbonyl (C=O) groups is 1. The fourth-order valence-electron chi connectivity index (χ4n) is 1.92. The van der Waals surface area contributed by atoms with Gasteiger partial charge in [0.2, 0.25) is 0 Å². The first-order chi connectivity index (χ1) is 9.54. The van der Waals surface area contributed by atoms with Crippen LogP contribution >= 0.6 is 0 Å². The molecule has 0 aromatic heterocycles. The van der Waals surface area contributed by atoms with E-state index in [1.165, 1.54) is 31.4 Å². The van der Waals surface area contributed by atoms with E-state index in [9.17, 15) is 20.0 Å². The van der Waals surface area contributed by atoms with Gasteiger partial charge in [-0.1, -0.05) is 18.2 Å². The van der Waals surface area contributed by atoms with E-state index in [1.807, 2.05) is 0 Å². The smallest absolute Gasteiger partial charge is 0.336 e. The number of hydrogen-bond acceptors (Lipinski definition) is 4. The van der Waals surface area contributed by atoms with Crippen LogP contribution in [-0.4, -0.2) is 23.1 Å². The van der Waals surface area contributed by atoms with E-state index in [0.717, 1.165) is 0 Å². The molecule has 0 spiro atoms. The van der Waals surface area contributed by atoms with Crippen LogP contribution in [0, 0.1) is 10.1 Å². The highest BCUT2D eigenvalue weighted by atomic mass is 16.6. The third-order valence-corrected chi connectivity index (χ3v) is 2.84. The Morgan fingerprint density at radius 1 is 1.20 bits per heavy atom. The molecule has 102 valence electrons. The first kappa shape index (κ1) is 13.5. The zero-order chi connectivity index (χ0) is 14.7. The first-order valence-electron chi connectivity index (χ1n) is 5.69. The summed E-state index contributed by atoms with van der Waals surface area (Å²) in [5, 5.41) is 19.9. The van der Waals surface area contributed by atoms with Crippen LogP contribution < -0.4 is 4.74 Å². The molecule has 2 aromatic rings. The number of aromatic carboxylic acids is 1. The van der Waals surface area contributed by atoms with Crippen molar-refractivity contribution in [2.75, 3.05) is 7.11 Å². The molecule has 2 rings (SSSR count). The Balaban J connectivity index is 2.64. The summed E-state index contributed by atoms with van der Waals surface area (Å²) in [5.74, 6) is -0.811. The van der Waals surface area contributed by atoms with Crippen molar-refractivity contribution < 1.29 is 19.6 Å². The van der Waals surface area contributed by atoms with Crippen LogP contribution in [0.5, 0.6) is 5.75 Å². The second kappa shape index (κ2) is 5.40. The molecule has 0 atom stereocenters. The van der Waals surface area contributed by atoms with Crippen LogP contribution in [0.4, 0.5) is 5.69 Å². The van der Waals surface area contributed by atoms with Gasteiger partial charge in [0.25, 0.3) is 5.69 Å². The fraction of sp³-hybridized carbons (Fsp3) is 0.0714. The molecular weight excluding hydrogens is 262 g/mol. The lowest BCUT2D eigenvalue weighted by atomic mass is 9.98. The molecule has 20 heavy (non-hydrogen) atoms. The largest absolute Gasteiger partial charge is 0.496 e. The second-order valence-electron chi connectivity index (χ2n) is 3.99. The van der Waals surface area contributed by atoms with Gasteiger partial charge in [0.05, 0.1) is 23.7 Å². The van der Waals surface area contributed by atoms with Gasteiger partial charge in [0, 0.05) is 11.6 Å². The van der Waals surface area contributed by atoms with E-state index in [-0.39, 0.29) is 17.0 Å². The predicted molar refractivity (Wildman–Crippen MR) is 72.0 cm³/mol. The number of hydrogen-bond donors (Lipinski definition) is 1. The normalized spacial score (nSPS) is 10.1. The number of nitro benzene ring substituents is 1. The van der Waals surface area contributed by atoms with E-state index in [1.54, 1.807) is 18.2 Å². The molecule has 0 saturated heterocycles. The van der Waals surface area contributed by atoms with Crippen LogP contribution in [0.15, 0.2) is 42.5 Å². The van der Waals surface area contributed by atoms with Crippen molar-refractivity contribution in [1.82, 2.24) is 0 Å². The highest BCUT2D eigenvalue weighted by molar-refractivity contribution is 5.97. The molecule has 2 aromatic carbocycles. The number of non-ortho nitro benzene ring substituents is 1. The minimum absolute atomic E-state index is 0.111. The van der Waals surface area contributed by atoms with Crippen LogP contribution in [0.3, 0.4) is 0 Å². The summed E-state index contributed by atoms with van der Waals surface area (Å²) in [5.41, 5.74) is 0.945. The van der Waals surface area contributed by atoms with Crippen LogP contribution in [0.25, 0.3) is 11.1 Å². The minimum atomic E-state index is -1.07. The summed E-state index contributed by atoms with van der Waals surface area (Å²) in [6.45, 7) is 0. The Labute approximate surface area is 114 Å². The lowest BCUT2D eigenvalue weighted by Gasteiger charge is -2.10. The maximum Gasteiger partial charge on any atom is 0.336 e. The van der Waals surface area contributed by atoms with Crippen molar-refractivity contribution in [1.29, 1.82) is 0 Å². The number of ether oxygens (including phenoxy) is 1. The maximum atomic E-state index is 11.2. The quantitative estimate of drug-likeness (QED) is 0.683. The van der Waals surface area contributed by atoms with Gasteiger partial charge < -0.3 is 9.84 Å². The van der Waals surface area contributed by atoms with Crippen molar-refractivity contribution in [2.45, 2.75) is 0 Å². The average Bonchev–Trinajstić information content (AvgIpc) is 2.46. The Bertz CT molecular complexity index is 681. The fourth-order valence-corrected chi connectivity index (χ4v) is 1.92. The number of nitro groups is 1. The molecule has 0 aliphatic rings. The molecule has 6 heteroatoms. The maximum absolute atomic E-state index is 11.2. The Morgan fingerprint density at radius 3 is 2.50 bits per heavy atom. The summed E-state index contributed by atoms with van der Waals surface area (Å²) < 4.78 is 5.13. The molecule has 0 fully saturated rings. The molecule has 0 saturated carbocycles. The van der Waals surface area contributed by atoms with Crippen molar-refractivity contribution in [3.05, 3.63) is 58.1 Å². The lowest BCUT2D eigenvalue weighted by Crippen LogP contribution is -2.00. The van der Waals surface area contributed by atoms with Crippen molar-refractivity contribution in [3.63, 3.8) is 0 Å². The van der Waals surface area contributed by atoms with E-state index in [2.05, 4.69) is 0 Å². The monoisotopic (exact) mass is 273 g/mol. The predicted octanol–water partition coefficient (Wildman–Crippen LogP) is 2.97.